The summed E-state index contributed by atoms with van der Waals surface area (Å²) in [5.74, 6) is 0.432. The fourth-order valence-electron chi connectivity index (χ4n) is 2.89. The number of para-hydroxylation sites is 2. The molecule has 0 saturated carbocycles. The van der Waals surface area contributed by atoms with Gasteiger partial charge in [-0.3, -0.25) is 9.10 Å². The third-order valence-corrected chi connectivity index (χ3v) is 5.66. The van der Waals surface area contributed by atoms with E-state index >= 15 is 0 Å². The molecule has 1 N–H and O–H groups in total. The predicted molar refractivity (Wildman–Crippen MR) is 118 cm³/mol. The van der Waals surface area contributed by atoms with E-state index in [9.17, 15) is 13.2 Å². The molecule has 0 heterocycles. The monoisotopic (exact) mass is 418 g/mol. The number of hydrogen-bond acceptors (Lipinski definition) is 4. The van der Waals surface area contributed by atoms with Crippen LogP contribution in [0.25, 0.3) is 0 Å². The first kappa shape index (κ1) is 22.7. The standard InChI is InChI=1S/C22H30N2O4S/c1-16(2)28-21-10-7-6-9-20(21)23-22(25)11-8-14-24(29(5,26)27)19-13-12-17(3)18(4)15-19/h6-7,9-10,12-13,15-16H,8,11,14H2,1-5H3,(H,23,25). The van der Waals surface area contributed by atoms with Crippen LogP contribution in [0.1, 0.15) is 37.8 Å². The lowest BCUT2D eigenvalue weighted by atomic mass is 10.1. The number of carbonyl (C=O) groups excluding carboxylic acids is 1. The van der Waals surface area contributed by atoms with Crippen molar-refractivity contribution < 1.29 is 17.9 Å². The van der Waals surface area contributed by atoms with Gasteiger partial charge in [0.2, 0.25) is 15.9 Å². The van der Waals surface area contributed by atoms with Gasteiger partial charge in [0.1, 0.15) is 5.75 Å². The fourth-order valence-corrected chi connectivity index (χ4v) is 3.85. The highest BCUT2D eigenvalue weighted by Gasteiger charge is 2.18. The van der Waals surface area contributed by atoms with Crippen molar-refractivity contribution in [3.8, 4) is 5.75 Å². The Bertz CT molecular complexity index is 955. The van der Waals surface area contributed by atoms with E-state index in [1.165, 1.54) is 10.6 Å². The molecule has 158 valence electrons. The Morgan fingerprint density at radius 2 is 1.79 bits per heavy atom. The van der Waals surface area contributed by atoms with Crippen LogP contribution in [0.3, 0.4) is 0 Å². The van der Waals surface area contributed by atoms with Crippen LogP contribution >= 0.6 is 0 Å². The topological polar surface area (TPSA) is 75.7 Å². The van der Waals surface area contributed by atoms with E-state index in [0.717, 1.165) is 11.1 Å². The average molecular weight is 419 g/mol. The Labute approximate surface area is 173 Å². The zero-order chi connectivity index (χ0) is 21.6. The maximum Gasteiger partial charge on any atom is 0.232 e. The Balaban J connectivity index is 2.01. The van der Waals surface area contributed by atoms with E-state index in [4.69, 9.17) is 4.74 Å². The molecule has 0 unspecified atom stereocenters. The summed E-state index contributed by atoms with van der Waals surface area (Å²) in [5, 5.41) is 2.85. The number of sulfonamides is 1. The maximum absolute atomic E-state index is 12.4. The van der Waals surface area contributed by atoms with Gasteiger partial charge in [-0.25, -0.2) is 8.42 Å². The van der Waals surface area contributed by atoms with Crippen molar-refractivity contribution in [2.75, 3.05) is 22.4 Å². The van der Waals surface area contributed by atoms with Crippen molar-refractivity contribution in [2.45, 2.75) is 46.6 Å². The smallest absolute Gasteiger partial charge is 0.232 e. The van der Waals surface area contributed by atoms with Crippen LogP contribution in [0.2, 0.25) is 0 Å². The molecule has 0 atom stereocenters. The third kappa shape index (κ3) is 6.78. The molecule has 1 amide bonds. The van der Waals surface area contributed by atoms with Gasteiger partial charge in [-0.1, -0.05) is 18.2 Å². The van der Waals surface area contributed by atoms with Crippen LogP contribution in [0.5, 0.6) is 5.75 Å². The summed E-state index contributed by atoms with van der Waals surface area (Å²) in [7, 11) is -3.44. The molecule has 0 aliphatic rings. The largest absolute Gasteiger partial charge is 0.489 e. The predicted octanol–water partition coefficient (Wildman–Crippen LogP) is 4.28. The number of benzene rings is 2. The van der Waals surface area contributed by atoms with Gasteiger partial charge in [0.25, 0.3) is 0 Å². The summed E-state index contributed by atoms with van der Waals surface area (Å²) in [6.45, 7) is 8.01. The molecule has 29 heavy (non-hydrogen) atoms. The third-order valence-electron chi connectivity index (χ3n) is 4.47. The van der Waals surface area contributed by atoms with Crippen molar-refractivity contribution in [2.24, 2.45) is 0 Å². The SMILES string of the molecule is Cc1ccc(N(CCCC(=O)Nc2ccccc2OC(C)C)S(C)(=O)=O)cc1C. The van der Waals surface area contributed by atoms with Gasteiger partial charge in [0, 0.05) is 13.0 Å². The van der Waals surface area contributed by atoms with Gasteiger partial charge in [-0.2, -0.15) is 0 Å². The number of amides is 1. The van der Waals surface area contributed by atoms with Gasteiger partial charge < -0.3 is 10.1 Å². The first-order valence-corrected chi connectivity index (χ1v) is 11.5. The van der Waals surface area contributed by atoms with Crippen molar-refractivity contribution in [1.82, 2.24) is 0 Å². The van der Waals surface area contributed by atoms with Crippen LogP contribution in [-0.2, 0) is 14.8 Å². The number of anilines is 2. The molecule has 0 fully saturated rings. The van der Waals surface area contributed by atoms with Crippen LogP contribution < -0.4 is 14.4 Å². The molecule has 6 nitrogen and oxygen atoms in total. The van der Waals surface area contributed by atoms with Crippen LogP contribution in [0.15, 0.2) is 42.5 Å². The van der Waals surface area contributed by atoms with Crippen LogP contribution in [0.4, 0.5) is 11.4 Å². The highest BCUT2D eigenvalue weighted by molar-refractivity contribution is 7.92. The van der Waals surface area contributed by atoms with Crippen molar-refractivity contribution >= 4 is 27.3 Å². The highest BCUT2D eigenvalue weighted by Crippen LogP contribution is 2.25. The maximum atomic E-state index is 12.4. The van der Waals surface area contributed by atoms with Crippen molar-refractivity contribution in [3.05, 3.63) is 53.6 Å². The quantitative estimate of drug-likeness (QED) is 0.660. The number of aryl methyl sites for hydroxylation is 2. The first-order valence-electron chi connectivity index (χ1n) is 9.68. The molecule has 0 bridgehead atoms. The number of carbonyl (C=O) groups is 1. The van der Waals surface area contributed by atoms with Crippen molar-refractivity contribution in [3.63, 3.8) is 0 Å². The Morgan fingerprint density at radius 1 is 1.10 bits per heavy atom. The minimum Gasteiger partial charge on any atom is -0.489 e. The summed E-state index contributed by atoms with van der Waals surface area (Å²) >= 11 is 0. The molecule has 0 spiro atoms. The summed E-state index contributed by atoms with van der Waals surface area (Å²) < 4.78 is 31.6. The van der Waals surface area contributed by atoms with E-state index in [-0.39, 0.29) is 25.0 Å². The molecule has 0 radical (unpaired) electrons. The summed E-state index contributed by atoms with van der Waals surface area (Å²) in [5.41, 5.74) is 3.35. The fraction of sp³-hybridized carbons (Fsp3) is 0.409. The summed E-state index contributed by atoms with van der Waals surface area (Å²) in [4.78, 5) is 12.4. The lowest BCUT2D eigenvalue weighted by molar-refractivity contribution is -0.116. The van der Waals surface area contributed by atoms with Gasteiger partial charge in [-0.15, -0.1) is 0 Å². The molecule has 7 heteroatoms. The highest BCUT2D eigenvalue weighted by atomic mass is 32.2. The lowest BCUT2D eigenvalue weighted by Gasteiger charge is -2.23. The van der Waals surface area contributed by atoms with Crippen LogP contribution in [0, 0.1) is 13.8 Å². The molecule has 2 rings (SSSR count). The number of ether oxygens (including phenoxy) is 1. The van der Waals surface area contributed by atoms with E-state index < -0.39 is 10.0 Å². The second-order valence-electron chi connectivity index (χ2n) is 7.42. The molecule has 0 saturated heterocycles. The number of rotatable bonds is 9. The van der Waals surface area contributed by atoms with E-state index in [0.29, 0.717) is 23.5 Å². The Morgan fingerprint density at radius 3 is 2.41 bits per heavy atom. The Kier molecular flexibility index (Phi) is 7.67. The number of hydrogen-bond donors (Lipinski definition) is 1. The van der Waals surface area contributed by atoms with E-state index in [1.807, 2.05) is 52.0 Å². The second-order valence-corrected chi connectivity index (χ2v) is 9.32. The number of nitrogens with one attached hydrogen (secondary N) is 1. The molecule has 0 aliphatic carbocycles. The van der Waals surface area contributed by atoms with Gasteiger partial charge >= 0.3 is 0 Å². The lowest BCUT2D eigenvalue weighted by Crippen LogP contribution is -2.31. The molecule has 2 aromatic rings. The van der Waals surface area contributed by atoms with E-state index in [2.05, 4.69) is 5.32 Å². The number of nitrogens with zero attached hydrogens (tertiary/aromatic N) is 1. The molecule has 0 aromatic heterocycles. The minimum atomic E-state index is -3.44. The zero-order valence-corrected chi connectivity index (χ0v) is 18.5. The zero-order valence-electron chi connectivity index (χ0n) is 17.7. The van der Waals surface area contributed by atoms with E-state index in [1.54, 1.807) is 18.2 Å². The molecule has 0 aliphatic heterocycles. The summed E-state index contributed by atoms with van der Waals surface area (Å²) in [6.07, 6.45) is 1.78. The molecular weight excluding hydrogens is 388 g/mol. The van der Waals surface area contributed by atoms with Crippen molar-refractivity contribution in [1.29, 1.82) is 0 Å². The molecular formula is C22H30N2O4S. The van der Waals surface area contributed by atoms with Gasteiger partial charge in [0.15, 0.2) is 0 Å². The summed E-state index contributed by atoms with van der Waals surface area (Å²) in [6, 6.07) is 12.8. The normalized spacial score (nSPS) is 11.4. The second kappa shape index (κ2) is 9.78. The Hall–Kier alpha value is -2.54. The van der Waals surface area contributed by atoms with Gasteiger partial charge in [-0.05, 0) is 69.5 Å². The minimum absolute atomic E-state index is 0.00524. The first-order chi connectivity index (χ1) is 13.6. The average Bonchev–Trinajstić information content (AvgIpc) is 2.61. The van der Waals surface area contributed by atoms with Gasteiger partial charge in [0.05, 0.1) is 23.7 Å². The van der Waals surface area contributed by atoms with Crippen LogP contribution in [-0.4, -0.2) is 33.2 Å². The molecule has 2 aromatic carbocycles.